The number of halogens is 1. The van der Waals surface area contributed by atoms with Crippen LogP contribution in [0.5, 0.6) is 5.75 Å². The molecule has 0 atom stereocenters. The zero-order valence-corrected chi connectivity index (χ0v) is 10.5. The summed E-state index contributed by atoms with van der Waals surface area (Å²) in [7, 11) is 2.79. The molecule has 0 spiro atoms. The van der Waals surface area contributed by atoms with Gasteiger partial charge in [-0.05, 0) is 12.1 Å². The summed E-state index contributed by atoms with van der Waals surface area (Å²) in [5.41, 5.74) is 1.29. The van der Waals surface area contributed by atoms with Crippen LogP contribution in [-0.2, 0) is 10.1 Å². The van der Waals surface area contributed by atoms with Crippen LogP contribution < -0.4 is 4.74 Å². The molecule has 0 fully saturated rings. The lowest BCUT2D eigenvalue weighted by atomic mass is 10.0. The van der Waals surface area contributed by atoms with E-state index in [2.05, 4.69) is 20.7 Å². The Morgan fingerprint density at radius 2 is 2.19 bits per heavy atom. The first-order chi connectivity index (χ1) is 7.67. The molecule has 0 aromatic heterocycles. The number of carbonyl (C=O) groups excluding carboxylic acids is 1. The Bertz CT molecular complexity index is 451. The van der Waals surface area contributed by atoms with Crippen molar-refractivity contribution in [2.75, 3.05) is 14.2 Å². The summed E-state index contributed by atoms with van der Waals surface area (Å²) in [6, 6.07) is 5.07. The molecule has 4 nitrogen and oxygen atoms in total. The molecule has 0 heterocycles. The quantitative estimate of drug-likeness (QED) is 0.631. The van der Waals surface area contributed by atoms with E-state index in [4.69, 9.17) is 10.00 Å². The maximum atomic E-state index is 11.4. The third-order valence-electron chi connectivity index (χ3n) is 2.09. The lowest BCUT2D eigenvalue weighted by molar-refractivity contribution is 0.0600. The van der Waals surface area contributed by atoms with Gasteiger partial charge in [-0.2, -0.15) is 5.26 Å². The zero-order valence-electron chi connectivity index (χ0n) is 8.91. The summed E-state index contributed by atoms with van der Waals surface area (Å²) in [5.74, 6) is 0.0440. The van der Waals surface area contributed by atoms with E-state index in [0.717, 1.165) is 5.56 Å². The van der Waals surface area contributed by atoms with Crippen LogP contribution >= 0.6 is 15.9 Å². The lowest BCUT2D eigenvalue weighted by Crippen LogP contribution is -2.06. The molecule has 0 aliphatic carbocycles. The molecule has 0 radical (unpaired) electrons. The largest absolute Gasteiger partial charge is 0.496 e. The number of methoxy groups -OCH3 is 2. The van der Waals surface area contributed by atoms with Gasteiger partial charge in [-0.15, -0.1) is 0 Å². The van der Waals surface area contributed by atoms with Gasteiger partial charge in [0.2, 0.25) is 0 Å². The van der Waals surface area contributed by atoms with E-state index < -0.39 is 5.97 Å². The summed E-state index contributed by atoms with van der Waals surface area (Å²) >= 11 is 3.29. The molecule has 1 aromatic rings. The maximum absolute atomic E-state index is 11.4. The summed E-state index contributed by atoms with van der Waals surface area (Å²) in [6.07, 6.45) is 0. The third-order valence-corrected chi connectivity index (χ3v) is 2.69. The Kier molecular flexibility index (Phi) is 4.32. The standard InChI is InChI=1S/C11H10BrNO3/c1-15-10-4-8(6-13)9(11(14)16-2)3-7(10)5-12/h3-4H,5H2,1-2H3. The molecular weight excluding hydrogens is 274 g/mol. The topological polar surface area (TPSA) is 59.3 Å². The van der Waals surface area contributed by atoms with Crippen molar-refractivity contribution in [3.05, 3.63) is 28.8 Å². The van der Waals surface area contributed by atoms with Gasteiger partial charge in [-0.25, -0.2) is 4.79 Å². The van der Waals surface area contributed by atoms with Gasteiger partial charge in [0.05, 0.1) is 25.3 Å². The van der Waals surface area contributed by atoms with Crippen molar-refractivity contribution in [2.24, 2.45) is 0 Å². The van der Waals surface area contributed by atoms with Crippen molar-refractivity contribution in [3.63, 3.8) is 0 Å². The van der Waals surface area contributed by atoms with Gasteiger partial charge < -0.3 is 9.47 Å². The number of ether oxygens (including phenoxy) is 2. The second-order valence-electron chi connectivity index (χ2n) is 2.95. The summed E-state index contributed by atoms with van der Waals surface area (Å²) in [4.78, 5) is 11.4. The second-order valence-corrected chi connectivity index (χ2v) is 3.51. The maximum Gasteiger partial charge on any atom is 0.339 e. The number of rotatable bonds is 3. The zero-order chi connectivity index (χ0) is 12.1. The Morgan fingerprint density at radius 3 is 2.62 bits per heavy atom. The Hall–Kier alpha value is -1.54. The van der Waals surface area contributed by atoms with Crippen molar-refractivity contribution in [1.82, 2.24) is 0 Å². The Labute approximate surface area is 102 Å². The number of esters is 1. The number of carbonyl (C=O) groups is 1. The normalized spacial score (nSPS) is 9.38. The fourth-order valence-corrected chi connectivity index (χ4v) is 1.73. The third kappa shape index (κ3) is 2.34. The molecule has 0 bridgehead atoms. The van der Waals surface area contributed by atoms with Crippen molar-refractivity contribution >= 4 is 21.9 Å². The molecule has 0 aliphatic heterocycles. The van der Waals surface area contributed by atoms with Gasteiger partial charge in [0.15, 0.2) is 0 Å². The van der Waals surface area contributed by atoms with Crippen LogP contribution in [0.2, 0.25) is 0 Å². The van der Waals surface area contributed by atoms with E-state index in [1.54, 1.807) is 6.07 Å². The van der Waals surface area contributed by atoms with Gasteiger partial charge in [0.1, 0.15) is 11.8 Å². The van der Waals surface area contributed by atoms with E-state index in [9.17, 15) is 4.79 Å². The minimum absolute atomic E-state index is 0.244. The highest BCUT2D eigenvalue weighted by molar-refractivity contribution is 9.08. The number of alkyl halides is 1. The van der Waals surface area contributed by atoms with Crippen molar-refractivity contribution in [1.29, 1.82) is 5.26 Å². The first kappa shape index (κ1) is 12.5. The van der Waals surface area contributed by atoms with Gasteiger partial charge >= 0.3 is 5.97 Å². The summed E-state index contributed by atoms with van der Waals surface area (Å²) in [5, 5.41) is 9.45. The molecule has 0 saturated carbocycles. The molecule has 1 rings (SSSR count). The number of benzene rings is 1. The highest BCUT2D eigenvalue weighted by Gasteiger charge is 2.15. The molecule has 0 unspecified atom stereocenters. The van der Waals surface area contributed by atoms with E-state index in [1.165, 1.54) is 20.3 Å². The fraction of sp³-hybridized carbons (Fsp3) is 0.273. The number of nitriles is 1. The molecule has 84 valence electrons. The first-order valence-electron chi connectivity index (χ1n) is 4.43. The fourth-order valence-electron chi connectivity index (χ4n) is 1.29. The van der Waals surface area contributed by atoms with Crippen molar-refractivity contribution in [3.8, 4) is 11.8 Å². The van der Waals surface area contributed by atoms with Crippen molar-refractivity contribution in [2.45, 2.75) is 5.33 Å². The lowest BCUT2D eigenvalue weighted by Gasteiger charge is -2.09. The number of hydrogen-bond acceptors (Lipinski definition) is 4. The average molecular weight is 284 g/mol. The Balaban J connectivity index is 3.39. The minimum atomic E-state index is -0.526. The molecule has 0 saturated heterocycles. The first-order valence-corrected chi connectivity index (χ1v) is 5.55. The van der Waals surface area contributed by atoms with Crippen molar-refractivity contribution < 1.29 is 14.3 Å². The van der Waals surface area contributed by atoms with Crippen LogP contribution in [0, 0.1) is 11.3 Å². The SMILES string of the molecule is COC(=O)c1cc(CBr)c(OC)cc1C#N. The van der Waals surface area contributed by atoms with Crippen LogP contribution in [-0.4, -0.2) is 20.2 Å². The smallest absolute Gasteiger partial charge is 0.339 e. The van der Waals surface area contributed by atoms with Gasteiger partial charge in [-0.1, -0.05) is 15.9 Å². The van der Waals surface area contributed by atoms with Crippen LogP contribution in [0.3, 0.4) is 0 Å². The summed E-state index contributed by atoms with van der Waals surface area (Å²) < 4.78 is 9.72. The predicted octanol–water partition coefficient (Wildman–Crippen LogP) is 2.25. The second kappa shape index (κ2) is 5.52. The van der Waals surface area contributed by atoms with Crippen LogP contribution in [0.15, 0.2) is 12.1 Å². The summed E-state index contributed by atoms with van der Waals surface area (Å²) in [6.45, 7) is 0. The monoisotopic (exact) mass is 283 g/mol. The molecular formula is C11H10BrNO3. The predicted molar refractivity (Wildman–Crippen MR) is 61.7 cm³/mol. The van der Waals surface area contributed by atoms with E-state index in [1.807, 2.05) is 6.07 Å². The Morgan fingerprint density at radius 1 is 1.50 bits per heavy atom. The van der Waals surface area contributed by atoms with Crippen LogP contribution in [0.25, 0.3) is 0 Å². The molecule has 1 aromatic carbocycles. The van der Waals surface area contributed by atoms with E-state index in [0.29, 0.717) is 11.1 Å². The molecule has 0 amide bonds. The highest BCUT2D eigenvalue weighted by atomic mass is 79.9. The molecule has 0 N–H and O–H groups in total. The number of nitrogens with zero attached hydrogens (tertiary/aromatic N) is 1. The van der Waals surface area contributed by atoms with Gasteiger partial charge in [0, 0.05) is 10.9 Å². The molecule has 16 heavy (non-hydrogen) atoms. The minimum Gasteiger partial charge on any atom is -0.496 e. The highest BCUT2D eigenvalue weighted by Crippen LogP contribution is 2.25. The number of hydrogen-bond donors (Lipinski definition) is 0. The van der Waals surface area contributed by atoms with E-state index >= 15 is 0 Å². The average Bonchev–Trinajstić information content (AvgIpc) is 2.35. The van der Waals surface area contributed by atoms with Crippen LogP contribution in [0.4, 0.5) is 0 Å². The van der Waals surface area contributed by atoms with Gasteiger partial charge in [0.25, 0.3) is 0 Å². The molecule has 0 aliphatic rings. The van der Waals surface area contributed by atoms with E-state index in [-0.39, 0.29) is 11.1 Å². The van der Waals surface area contributed by atoms with Gasteiger partial charge in [-0.3, -0.25) is 0 Å². The molecule has 5 heteroatoms. The van der Waals surface area contributed by atoms with Crippen LogP contribution in [0.1, 0.15) is 21.5 Å².